The lowest BCUT2D eigenvalue weighted by Gasteiger charge is -2.21. The number of aromatic nitrogens is 2. The maximum absolute atomic E-state index is 10.5. The molecule has 134 valence electrons. The third-order valence-electron chi connectivity index (χ3n) is 3.23. The summed E-state index contributed by atoms with van der Waals surface area (Å²) in [4.78, 5) is 8.62. The van der Waals surface area contributed by atoms with Crippen LogP contribution in [0.2, 0.25) is 0 Å². The maximum Gasteiger partial charge on any atom is 0.228 e. The van der Waals surface area contributed by atoms with E-state index in [1.54, 1.807) is 25.2 Å². The van der Waals surface area contributed by atoms with Crippen LogP contribution in [0.3, 0.4) is 0 Å². The van der Waals surface area contributed by atoms with Crippen LogP contribution < -0.4 is 10.6 Å². The molecule has 0 spiro atoms. The van der Waals surface area contributed by atoms with Crippen molar-refractivity contribution in [2.75, 3.05) is 19.6 Å². The molecule has 0 amide bonds. The average molecular weight is 465 g/mol. The standard InChI is InChI=1S/C15H23N5O2S.HI/c1-4-16-14(17-7-5-13-19-11(2)20-22-13)18-10-15(3,21)12-6-8-23-9-12;/h6,8-9,21H,4-5,7,10H2,1-3H3,(H2,16,17,18);1H. The summed E-state index contributed by atoms with van der Waals surface area (Å²) in [5.41, 5.74) is -0.102. The molecular weight excluding hydrogens is 441 g/mol. The minimum atomic E-state index is -0.980. The molecule has 1 atom stereocenters. The smallest absolute Gasteiger partial charge is 0.228 e. The summed E-state index contributed by atoms with van der Waals surface area (Å²) in [5.74, 6) is 1.88. The van der Waals surface area contributed by atoms with Crippen LogP contribution >= 0.6 is 35.3 Å². The monoisotopic (exact) mass is 465 g/mol. The van der Waals surface area contributed by atoms with E-state index in [1.165, 1.54) is 0 Å². The number of aliphatic hydroxyl groups is 1. The van der Waals surface area contributed by atoms with Gasteiger partial charge in [0.15, 0.2) is 11.8 Å². The molecule has 0 saturated heterocycles. The summed E-state index contributed by atoms with van der Waals surface area (Å²) in [6, 6.07) is 1.92. The van der Waals surface area contributed by atoms with Gasteiger partial charge in [0.2, 0.25) is 5.89 Å². The molecule has 0 radical (unpaired) electrons. The molecule has 0 aromatic carbocycles. The van der Waals surface area contributed by atoms with Gasteiger partial charge in [-0.25, -0.2) is 4.99 Å². The number of nitrogens with one attached hydrogen (secondary N) is 2. The van der Waals surface area contributed by atoms with E-state index in [0.29, 0.717) is 30.6 Å². The van der Waals surface area contributed by atoms with Gasteiger partial charge < -0.3 is 20.3 Å². The predicted octanol–water partition coefficient (Wildman–Crippen LogP) is 2.06. The second kappa shape index (κ2) is 9.94. The molecule has 2 aromatic rings. The van der Waals surface area contributed by atoms with Crippen molar-refractivity contribution in [1.82, 2.24) is 20.8 Å². The highest BCUT2D eigenvalue weighted by Crippen LogP contribution is 2.23. The molecule has 0 saturated carbocycles. The van der Waals surface area contributed by atoms with Crippen LogP contribution in [-0.2, 0) is 12.0 Å². The Morgan fingerprint density at radius 1 is 1.46 bits per heavy atom. The van der Waals surface area contributed by atoms with Crippen molar-refractivity contribution >= 4 is 41.3 Å². The lowest BCUT2D eigenvalue weighted by Crippen LogP contribution is -2.39. The Kier molecular flexibility index (Phi) is 8.63. The van der Waals surface area contributed by atoms with Crippen LogP contribution in [0.15, 0.2) is 26.3 Å². The fourth-order valence-corrected chi connectivity index (χ4v) is 2.75. The number of hydrogen-bond acceptors (Lipinski definition) is 6. The molecule has 0 aliphatic carbocycles. The average Bonchev–Trinajstić information content (AvgIpc) is 3.17. The Hall–Kier alpha value is -1.20. The first-order valence-electron chi connectivity index (χ1n) is 7.57. The van der Waals surface area contributed by atoms with Gasteiger partial charge >= 0.3 is 0 Å². The summed E-state index contributed by atoms with van der Waals surface area (Å²) >= 11 is 1.56. The fourth-order valence-electron chi connectivity index (χ4n) is 1.97. The minimum Gasteiger partial charge on any atom is -0.383 e. The number of aryl methyl sites for hydroxylation is 1. The van der Waals surface area contributed by atoms with Gasteiger partial charge in [-0.2, -0.15) is 16.3 Å². The third-order valence-corrected chi connectivity index (χ3v) is 3.92. The van der Waals surface area contributed by atoms with Crippen molar-refractivity contribution in [2.45, 2.75) is 32.8 Å². The largest absolute Gasteiger partial charge is 0.383 e. The van der Waals surface area contributed by atoms with Crippen LogP contribution in [-0.4, -0.2) is 40.8 Å². The van der Waals surface area contributed by atoms with Crippen molar-refractivity contribution in [3.63, 3.8) is 0 Å². The third kappa shape index (κ3) is 6.36. The van der Waals surface area contributed by atoms with E-state index >= 15 is 0 Å². The van der Waals surface area contributed by atoms with Crippen molar-refractivity contribution in [3.05, 3.63) is 34.1 Å². The molecule has 0 aliphatic heterocycles. The number of rotatable bonds is 7. The fraction of sp³-hybridized carbons (Fsp3) is 0.533. The van der Waals surface area contributed by atoms with Crippen molar-refractivity contribution in [3.8, 4) is 0 Å². The molecule has 0 aliphatic rings. The molecule has 2 aromatic heterocycles. The number of hydrogen-bond donors (Lipinski definition) is 3. The first kappa shape index (κ1) is 20.8. The Bertz CT molecular complexity index is 628. The molecule has 9 heteroatoms. The van der Waals surface area contributed by atoms with E-state index in [1.807, 2.05) is 23.8 Å². The summed E-state index contributed by atoms with van der Waals surface area (Å²) in [7, 11) is 0. The van der Waals surface area contributed by atoms with Crippen LogP contribution in [0.25, 0.3) is 0 Å². The molecular formula is C15H24IN5O2S. The summed E-state index contributed by atoms with van der Waals surface area (Å²) < 4.78 is 5.07. The number of halogens is 1. The number of thiophene rings is 1. The molecule has 0 fully saturated rings. The molecule has 24 heavy (non-hydrogen) atoms. The lowest BCUT2D eigenvalue weighted by atomic mass is 10.00. The van der Waals surface area contributed by atoms with E-state index in [4.69, 9.17) is 4.52 Å². The van der Waals surface area contributed by atoms with Crippen molar-refractivity contribution < 1.29 is 9.63 Å². The zero-order valence-corrected chi connectivity index (χ0v) is 17.2. The van der Waals surface area contributed by atoms with Gasteiger partial charge in [-0.05, 0) is 43.2 Å². The van der Waals surface area contributed by atoms with Crippen molar-refractivity contribution in [2.24, 2.45) is 4.99 Å². The van der Waals surface area contributed by atoms with Gasteiger partial charge in [-0.3, -0.25) is 0 Å². The number of nitrogens with zero attached hydrogens (tertiary/aromatic N) is 3. The van der Waals surface area contributed by atoms with Gasteiger partial charge in [0, 0.05) is 19.5 Å². The number of guanidine groups is 1. The second-order valence-corrected chi connectivity index (χ2v) is 6.17. The summed E-state index contributed by atoms with van der Waals surface area (Å²) in [6.07, 6.45) is 0.617. The normalized spacial score (nSPS) is 13.9. The number of aliphatic imine (C=N–C) groups is 1. The molecule has 1 unspecified atom stereocenters. The molecule has 2 rings (SSSR count). The van der Waals surface area contributed by atoms with Gasteiger partial charge in [0.25, 0.3) is 0 Å². The highest BCUT2D eigenvalue weighted by molar-refractivity contribution is 14.0. The van der Waals surface area contributed by atoms with E-state index in [9.17, 15) is 5.11 Å². The molecule has 7 nitrogen and oxygen atoms in total. The molecule has 3 N–H and O–H groups in total. The van der Waals surface area contributed by atoms with Gasteiger partial charge in [0.1, 0.15) is 5.60 Å². The van der Waals surface area contributed by atoms with E-state index in [0.717, 1.165) is 12.1 Å². The van der Waals surface area contributed by atoms with E-state index in [-0.39, 0.29) is 30.5 Å². The van der Waals surface area contributed by atoms with E-state index in [2.05, 4.69) is 25.8 Å². The minimum absolute atomic E-state index is 0. The van der Waals surface area contributed by atoms with Crippen LogP contribution in [0.4, 0.5) is 0 Å². The predicted molar refractivity (Wildman–Crippen MR) is 106 cm³/mol. The van der Waals surface area contributed by atoms with Crippen LogP contribution in [0.1, 0.15) is 31.1 Å². The van der Waals surface area contributed by atoms with Gasteiger partial charge in [-0.1, -0.05) is 5.16 Å². The Morgan fingerprint density at radius 3 is 2.83 bits per heavy atom. The zero-order chi connectivity index (χ0) is 16.7. The lowest BCUT2D eigenvalue weighted by molar-refractivity contribution is 0.0677. The SMILES string of the molecule is CCNC(=NCC(C)(O)c1ccsc1)NCCc1nc(C)no1.I. The Balaban J connectivity index is 0.00000288. The van der Waals surface area contributed by atoms with Crippen LogP contribution in [0, 0.1) is 6.92 Å². The quantitative estimate of drug-likeness (QED) is 0.329. The first-order chi connectivity index (χ1) is 11.0. The molecule has 2 heterocycles. The maximum atomic E-state index is 10.5. The second-order valence-electron chi connectivity index (χ2n) is 5.39. The van der Waals surface area contributed by atoms with Gasteiger partial charge in [0.05, 0.1) is 6.54 Å². The van der Waals surface area contributed by atoms with Crippen molar-refractivity contribution in [1.29, 1.82) is 0 Å². The summed E-state index contributed by atoms with van der Waals surface area (Å²) in [6.45, 7) is 7.19. The Labute approximate surface area is 163 Å². The van der Waals surface area contributed by atoms with E-state index < -0.39 is 5.60 Å². The highest BCUT2D eigenvalue weighted by Gasteiger charge is 2.23. The molecule has 0 bridgehead atoms. The highest BCUT2D eigenvalue weighted by atomic mass is 127. The van der Waals surface area contributed by atoms with Gasteiger partial charge in [-0.15, -0.1) is 24.0 Å². The summed E-state index contributed by atoms with van der Waals surface area (Å²) in [5, 5.41) is 24.5. The zero-order valence-electron chi connectivity index (χ0n) is 14.1. The topological polar surface area (TPSA) is 95.6 Å². The van der Waals surface area contributed by atoms with Crippen LogP contribution in [0.5, 0.6) is 0 Å². The Morgan fingerprint density at radius 2 is 2.25 bits per heavy atom. The first-order valence-corrected chi connectivity index (χ1v) is 8.52.